The van der Waals surface area contributed by atoms with E-state index >= 15 is 0 Å². The molecule has 2 rings (SSSR count). The molecule has 1 saturated heterocycles. The van der Waals surface area contributed by atoms with Crippen LogP contribution >= 0.6 is 12.4 Å². The highest BCUT2D eigenvalue weighted by Gasteiger charge is 2.29. The standard InChI is InChI=1S/C13H19N5O4.ClH/c14-3-4-15-12(19)9-2-1-5-17(8-9)13(20)11-6-10(7-16-11)18(21)22;/h6-7,9,16H,1-5,8,14H2,(H,15,19);1H. The Labute approximate surface area is 139 Å². The van der Waals surface area contributed by atoms with Crippen LogP contribution in [0.25, 0.3) is 0 Å². The molecule has 2 amide bonds. The fourth-order valence-electron chi connectivity index (χ4n) is 2.50. The molecule has 1 aliphatic rings. The number of nitrogens with one attached hydrogen (secondary N) is 2. The lowest BCUT2D eigenvalue weighted by Gasteiger charge is -2.31. The number of nitro groups is 1. The maximum absolute atomic E-state index is 12.3. The van der Waals surface area contributed by atoms with E-state index in [0.717, 1.165) is 6.42 Å². The van der Waals surface area contributed by atoms with Crippen LogP contribution in [-0.2, 0) is 4.79 Å². The number of piperidine rings is 1. The van der Waals surface area contributed by atoms with Crippen LogP contribution in [0.1, 0.15) is 23.3 Å². The van der Waals surface area contributed by atoms with Crippen LogP contribution in [-0.4, -0.2) is 52.8 Å². The molecule has 0 aromatic carbocycles. The Morgan fingerprint density at radius 1 is 1.52 bits per heavy atom. The molecular weight excluding hydrogens is 326 g/mol. The van der Waals surface area contributed by atoms with Gasteiger partial charge in [-0.2, -0.15) is 0 Å². The van der Waals surface area contributed by atoms with Crippen molar-refractivity contribution in [3.63, 3.8) is 0 Å². The van der Waals surface area contributed by atoms with Gasteiger partial charge in [0.05, 0.1) is 17.0 Å². The van der Waals surface area contributed by atoms with Crippen LogP contribution in [0, 0.1) is 16.0 Å². The van der Waals surface area contributed by atoms with Crippen LogP contribution in [0.5, 0.6) is 0 Å². The van der Waals surface area contributed by atoms with Crippen molar-refractivity contribution in [2.75, 3.05) is 26.2 Å². The molecule has 1 aromatic heterocycles. The van der Waals surface area contributed by atoms with Gasteiger partial charge in [0.15, 0.2) is 0 Å². The predicted molar refractivity (Wildman–Crippen MR) is 85.4 cm³/mol. The minimum Gasteiger partial charge on any atom is -0.355 e. The van der Waals surface area contributed by atoms with Gasteiger partial charge in [0.25, 0.3) is 11.6 Å². The quantitative estimate of drug-likeness (QED) is 0.520. The normalized spacial score (nSPS) is 17.3. The molecule has 0 bridgehead atoms. The zero-order chi connectivity index (χ0) is 16.1. The molecule has 1 aromatic rings. The molecule has 128 valence electrons. The molecule has 9 nitrogen and oxygen atoms in total. The van der Waals surface area contributed by atoms with E-state index in [1.54, 1.807) is 4.90 Å². The SMILES string of the molecule is Cl.NCCNC(=O)C1CCCN(C(=O)c2cc([N+](=O)[O-])c[nH]2)C1. The zero-order valence-corrected chi connectivity index (χ0v) is 13.3. The Balaban J connectivity index is 0.00000264. The van der Waals surface area contributed by atoms with Crippen molar-refractivity contribution in [3.8, 4) is 0 Å². The maximum atomic E-state index is 12.3. The fourth-order valence-corrected chi connectivity index (χ4v) is 2.50. The number of rotatable bonds is 5. The number of aromatic amines is 1. The van der Waals surface area contributed by atoms with E-state index in [1.165, 1.54) is 12.3 Å². The summed E-state index contributed by atoms with van der Waals surface area (Å²) in [7, 11) is 0. The molecule has 0 saturated carbocycles. The van der Waals surface area contributed by atoms with Gasteiger partial charge < -0.3 is 20.9 Å². The van der Waals surface area contributed by atoms with E-state index < -0.39 is 4.92 Å². The van der Waals surface area contributed by atoms with Gasteiger partial charge in [0, 0.05) is 32.2 Å². The van der Waals surface area contributed by atoms with E-state index in [-0.39, 0.29) is 41.5 Å². The first kappa shape index (κ1) is 18.9. The van der Waals surface area contributed by atoms with E-state index in [2.05, 4.69) is 10.3 Å². The third-order valence-corrected chi connectivity index (χ3v) is 3.63. The van der Waals surface area contributed by atoms with Gasteiger partial charge in [0.1, 0.15) is 5.69 Å². The molecule has 2 heterocycles. The minimum atomic E-state index is -0.563. The molecule has 0 spiro atoms. The molecule has 1 atom stereocenters. The molecule has 1 unspecified atom stereocenters. The van der Waals surface area contributed by atoms with E-state index in [9.17, 15) is 19.7 Å². The highest BCUT2D eigenvalue weighted by molar-refractivity contribution is 5.93. The van der Waals surface area contributed by atoms with Gasteiger partial charge in [-0.15, -0.1) is 12.4 Å². The molecule has 4 N–H and O–H groups in total. The third-order valence-electron chi connectivity index (χ3n) is 3.63. The average molecular weight is 346 g/mol. The molecule has 1 fully saturated rings. The summed E-state index contributed by atoms with van der Waals surface area (Å²) in [5.74, 6) is -0.709. The number of aromatic nitrogens is 1. The van der Waals surface area contributed by atoms with Crippen LogP contribution in [0.15, 0.2) is 12.3 Å². The summed E-state index contributed by atoms with van der Waals surface area (Å²) in [4.78, 5) is 38.5. The summed E-state index contributed by atoms with van der Waals surface area (Å²) in [6, 6.07) is 1.21. The predicted octanol–water partition coefficient (Wildman–Crippen LogP) is 0.272. The van der Waals surface area contributed by atoms with Crippen molar-refractivity contribution in [2.45, 2.75) is 12.8 Å². The van der Waals surface area contributed by atoms with Crippen LogP contribution < -0.4 is 11.1 Å². The summed E-state index contributed by atoms with van der Waals surface area (Å²) >= 11 is 0. The van der Waals surface area contributed by atoms with Crippen LogP contribution in [0.4, 0.5) is 5.69 Å². The highest BCUT2D eigenvalue weighted by atomic mass is 35.5. The van der Waals surface area contributed by atoms with Crippen LogP contribution in [0.3, 0.4) is 0 Å². The molecular formula is C13H20ClN5O4. The first-order valence-corrected chi connectivity index (χ1v) is 7.12. The fraction of sp³-hybridized carbons (Fsp3) is 0.538. The second-order valence-electron chi connectivity index (χ2n) is 5.20. The number of hydrogen-bond acceptors (Lipinski definition) is 5. The smallest absolute Gasteiger partial charge is 0.287 e. The van der Waals surface area contributed by atoms with Gasteiger partial charge in [-0.25, -0.2) is 0 Å². The van der Waals surface area contributed by atoms with Crippen molar-refractivity contribution in [1.82, 2.24) is 15.2 Å². The minimum absolute atomic E-state index is 0. The summed E-state index contributed by atoms with van der Waals surface area (Å²) in [5, 5.41) is 13.4. The first-order valence-electron chi connectivity index (χ1n) is 7.12. The zero-order valence-electron chi connectivity index (χ0n) is 12.5. The monoisotopic (exact) mass is 345 g/mol. The number of halogens is 1. The van der Waals surface area contributed by atoms with Crippen LogP contribution in [0.2, 0.25) is 0 Å². The lowest BCUT2D eigenvalue weighted by Crippen LogP contribution is -2.46. The van der Waals surface area contributed by atoms with E-state index in [4.69, 9.17) is 5.73 Å². The van der Waals surface area contributed by atoms with Crippen molar-refractivity contribution >= 4 is 29.9 Å². The average Bonchev–Trinajstić information content (AvgIpc) is 3.02. The second kappa shape index (κ2) is 8.49. The lowest BCUT2D eigenvalue weighted by atomic mass is 9.97. The Bertz CT molecular complexity index is 576. The highest BCUT2D eigenvalue weighted by Crippen LogP contribution is 2.20. The van der Waals surface area contributed by atoms with Gasteiger partial charge >= 0.3 is 0 Å². The number of likely N-dealkylation sites (tertiary alicyclic amines) is 1. The number of carbonyl (C=O) groups excluding carboxylic acids is 2. The molecule has 10 heteroatoms. The Morgan fingerprint density at radius 2 is 2.26 bits per heavy atom. The summed E-state index contributed by atoms with van der Waals surface area (Å²) in [5.41, 5.74) is 5.35. The Kier molecular flexibility index (Phi) is 6.98. The number of nitrogens with zero attached hydrogens (tertiary/aromatic N) is 2. The Hall–Kier alpha value is -2.13. The third kappa shape index (κ3) is 4.67. The number of nitrogens with two attached hydrogens (primary N) is 1. The molecule has 0 aliphatic carbocycles. The topological polar surface area (TPSA) is 134 Å². The second-order valence-corrected chi connectivity index (χ2v) is 5.20. The summed E-state index contributed by atoms with van der Waals surface area (Å²) in [6.07, 6.45) is 2.61. The van der Waals surface area contributed by atoms with Crippen molar-refractivity contribution in [3.05, 3.63) is 28.1 Å². The van der Waals surface area contributed by atoms with Crippen molar-refractivity contribution in [2.24, 2.45) is 11.7 Å². The maximum Gasteiger partial charge on any atom is 0.287 e. The van der Waals surface area contributed by atoms with Gasteiger partial charge in [0.2, 0.25) is 5.91 Å². The van der Waals surface area contributed by atoms with Crippen molar-refractivity contribution < 1.29 is 14.5 Å². The lowest BCUT2D eigenvalue weighted by molar-refractivity contribution is -0.384. The van der Waals surface area contributed by atoms with Gasteiger partial charge in [-0.05, 0) is 12.8 Å². The number of carbonyl (C=O) groups is 2. The molecule has 1 aliphatic heterocycles. The van der Waals surface area contributed by atoms with E-state index in [0.29, 0.717) is 32.6 Å². The van der Waals surface area contributed by atoms with E-state index in [1.807, 2.05) is 0 Å². The summed E-state index contributed by atoms with van der Waals surface area (Å²) < 4.78 is 0. The molecule has 0 radical (unpaired) electrons. The number of hydrogen-bond donors (Lipinski definition) is 3. The van der Waals surface area contributed by atoms with Crippen molar-refractivity contribution in [1.29, 1.82) is 0 Å². The van der Waals surface area contributed by atoms with Gasteiger partial charge in [-0.3, -0.25) is 19.7 Å². The summed E-state index contributed by atoms with van der Waals surface area (Å²) in [6.45, 7) is 1.62. The number of amides is 2. The Morgan fingerprint density at radius 3 is 2.87 bits per heavy atom. The number of H-pyrrole nitrogens is 1. The molecule has 23 heavy (non-hydrogen) atoms. The van der Waals surface area contributed by atoms with Gasteiger partial charge in [-0.1, -0.05) is 0 Å². The largest absolute Gasteiger partial charge is 0.355 e. The first-order chi connectivity index (χ1) is 10.5.